The zero-order chi connectivity index (χ0) is 20.8. The molecular formula is C23H26N2O4. The summed E-state index contributed by atoms with van der Waals surface area (Å²) in [6.45, 7) is 3.03. The lowest BCUT2D eigenvalue weighted by molar-refractivity contribution is -0.131. The molecule has 0 spiro atoms. The van der Waals surface area contributed by atoms with E-state index in [0.29, 0.717) is 24.6 Å². The third-order valence-corrected chi connectivity index (χ3v) is 5.32. The summed E-state index contributed by atoms with van der Waals surface area (Å²) < 4.78 is 0. The minimum Gasteiger partial charge on any atom is -0.478 e. The van der Waals surface area contributed by atoms with Crippen molar-refractivity contribution >= 4 is 17.8 Å². The second-order valence-electron chi connectivity index (χ2n) is 7.59. The van der Waals surface area contributed by atoms with E-state index in [1.807, 2.05) is 18.2 Å². The predicted molar refractivity (Wildman–Crippen MR) is 110 cm³/mol. The van der Waals surface area contributed by atoms with Crippen molar-refractivity contribution < 1.29 is 19.5 Å². The highest BCUT2D eigenvalue weighted by molar-refractivity contribution is 5.99. The molecule has 0 bridgehead atoms. The van der Waals surface area contributed by atoms with Crippen LogP contribution in [0.5, 0.6) is 0 Å². The van der Waals surface area contributed by atoms with Crippen LogP contribution in [0.3, 0.4) is 0 Å². The van der Waals surface area contributed by atoms with Crippen LogP contribution in [0.4, 0.5) is 0 Å². The molecule has 1 saturated heterocycles. The molecule has 1 aliphatic heterocycles. The van der Waals surface area contributed by atoms with Crippen molar-refractivity contribution in [2.24, 2.45) is 5.92 Å². The SMILES string of the molecule is Cc1cc(C(=O)O)cc(C(=O)NCC(=O)N2CCC(Cc3ccccc3)CC2)c1. The van der Waals surface area contributed by atoms with Gasteiger partial charge in [-0.3, -0.25) is 9.59 Å². The van der Waals surface area contributed by atoms with Gasteiger partial charge in [0.15, 0.2) is 0 Å². The van der Waals surface area contributed by atoms with Gasteiger partial charge in [0.1, 0.15) is 0 Å². The number of benzene rings is 2. The molecule has 152 valence electrons. The number of carbonyl (C=O) groups excluding carboxylic acids is 2. The van der Waals surface area contributed by atoms with Crippen molar-refractivity contribution in [1.82, 2.24) is 10.2 Å². The molecule has 0 radical (unpaired) electrons. The molecular weight excluding hydrogens is 368 g/mol. The summed E-state index contributed by atoms with van der Waals surface area (Å²) in [5, 5.41) is 11.7. The Bertz CT molecular complexity index is 887. The molecule has 1 heterocycles. The van der Waals surface area contributed by atoms with E-state index >= 15 is 0 Å². The molecule has 3 rings (SSSR count). The number of nitrogens with one attached hydrogen (secondary N) is 1. The van der Waals surface area contributed by atoms with Crippen molar-refractivity contribution in [3.63, 3.8) is 0 Å². The van der Waals surface area contributed by atoms with E-state index in [0.717, 1.165) is 19.3 Å². The van der Waals surface area contributed by atoms with E-state index in [1.54, 1.807) is 17.9 Å². The lowest BCUT2D eigenvalue weighted by atomic mass is 9.90. The predicted octanol–water partition coefficient (Wildman–Crippen LogP) is 2.90. The number of likely N-dealkylation sites (tertiary alicyclic amines) is 1. The Morgan fingerprint density at radius 2 is 1.69 bits per heavy atom. The van der Waals surface area contributed by atoms with Crippen LogP contribution in [0.1, 0.15) is 44.7 Å². The van der Waals surface area contributed by atoms with Gasteiger partial charge in [-0.1, -0.05) is 30.3 Å². The van der Waals surface area contributed by atoms with Gasteiger partial charge in [-0.25, -0.2) is 4.79 Å². The minimum atomic E-state index is -1.09. The van der Waals surface area contributed by atoms with Gasteiger partial charge < -0.3 is 15.3 Å². The van der Waals surface area contributed by atoms with E-state index in [9.17, 15) is 14.4 Å². The van der Waals surface area contributed by atoms with Gasteiger partial charge in [0.05, 0.1) is 12.1 Å². The Morgan fingerprint density at radius 3 is 2.34 bits per heavy atom. The number of piperidine rings is 1. The van der Waals surface area contributed by atoms with Gasteiger partial charge in [-0.05, 0) is 61.4 Å². The van der Waals surface area contributed by atoms with Crippen molar-refractivity contribution in [2.45, 2.75) is 26.2 Å². The summed E-state index contributed by atoms with van der Waals surface area (Å²) >= 11 is 0. The first-order valence-electron chi connectivity index (χ1n) is 9.87. The number of nitrogens with zero attached hydrogens (tertiary/aromatic N) is 1. The summed E-state index contributed by atoms with van der Waals surface area (Å²) in [5.41, 5.74) is 2.31. The third-order valence-electron chi connectivity index (χ3n) is 5.32. The average Bonchev–Trinajstić information content (AvgIpc) is 2.72. The van der Waals surface area contributed by atoms with Crippen molar-refractivity contribution in [2.75, 3.05) is 19.6 Å². The number of hydrogen-bond donors (Lipinski definition) is 2. The van der Waals surface area contributed by atoms with Crippen LogP contribution in [-0.2, 0) is 11.2 Å². The van der Waals surface area contributed by atoms with Crippen LogP contribution in [0, 0.1) is 12.8 Å². The number of carbonyl (C=O) groups is 3. The van der Waals surface area contributed by atoms with Crippen LogP contribution in [0.15, 0.2) is 48.5 Å². The smallest absolute Gasteiger partial charge is 0.335 e. The van der Waals surface area contributed by atoms with Crippen molar-refractivity contribution in [3.05, 3.63) is 70.8 Å². The van der Waals surface area contributed by atoms with Crippen LogP contribution < -0.4 is 5.32 Å². The molecule has 29 heavy (non-hydrogen) atoms. The number of hydrogen-bond acceptors (Lipinski definition) is 3. The van der Waals surface area contributed by atoms with Crippen molar-refractivity contribution in [3.8, 4) is 0 Å². The summed E-state index contributed by atoms with van der Waals surface area (Å²) in [6.07, 6.45) is 2.93. The van der Waals surface area contributed by atoms with Crippen molar-refractivity contribution in [1.29, 1.82) is 0 Å². The zero-order valence-electron chi connectivity index (χ0n) is 16.6. The largest absolute Gasteiger partial charge is 0.478 e. The summed E-state index contributed by atoms with van der Waals surface area (Å²) in [4.78, 5) is 37.7. The van der Waals surface area contributed by atoms with E-state index in [-0.39, 0.29) is 23.6 Å². The second-order valence-corrected chi connectivity index (χ2v) is 7.59. The Labute approximate surface area is 170 Å². The first kappa shape index (κ1) is 20.6. The maximum atomic E-state index is 12.5. The highest BCUT2D eigenvalue weighted by Gasteiger charge is 2.23. The normalized spacial score (nSPS) is 14.4. The zero-order valence-corrected chi connectivity index (χ0v) is 16.6. The quantitative estimate of drug-likeness (QED) is 0.789. The van der Waals surface area contributed by atoms with Gasteiger partial charge in [0.25, 0.3) is 5.91 Å². The number of rotatable bonds is 6. The van der Waals surface area contributed by atoms with E-state index in [2.05, 4.69) is 17.4 Å². The Morgan fingerprint density at radius 1 is 1.03 bits per heavy atom. The molecule has 1 fully saturated rings. The van der Waals surface area contributed by atoms with Gasteiger partial charge in [-0.15, -0.1) is 0 Å². The van der Waals surface area contributed by atoms with E-state index in [1.165, 1.54) is 17.7 Å². The third kappa shape index (κ3) is 5.67. The fourth-order valence-electron chi connectivity index (χ4n) is 3.74. The monoisotopic (exact) mass is 394 g/mol. The highest BCUT2D eigenvalue weighted by atomic mass is 16.4. The molecule has 0 aliphatic carbocycles. The molecule has 2 amide bonds. The van der Waals surface area contributed by atoms with Crippen LogP contribution in [0.2, 0.25) is 0 Å². The Kier molecular flexibility index (Phi) is 6.65. The Hall–Kier alpha value is -3.15. The molecule has 0 unspecified atom stereocenters. The lowest BCUT2D eigenvalue weighted by Gasteiger charge is -2.32. The molecule has 0 atom stereocenters. The molecule has 2 N–H and O–H groups in total. The summed E-state index contributed by atoms with van der Waals surface area (Å²) in [7, 11) is 0. The topological polar surface area (TPSA) is 86.7 Å². The summed E-state index contributed by atoms with van der Waals surface area (Å²) in [6, 6.07) is 14.8. The number of carboxylic acids is 1. The number of aryl methyl sites for hydroxylation is 1. The number of aromatic carboxylic acids is 1. The van der Waals surface area contributed by atoms with Gasteiger partial charge in [0.2, 0.25) is 5.91 Å². The maximum Gasteiger partial charge on any atom is 0.335 e. The van der Waals surface area contributed by atoms with Crippen LogP contribution in [0.25, 0.3) is 0 Å². The molecule has 6 heteroatoms. The molecule has 2 aromatic rings. The van der Waals surface area contributed by atoms with Crippen LogP contribution in [-0.4, -0.2) is 47.4 Å². The second kappa shape index (κ2) is 9.37. The van der Waals surface area contributed by atoms with Gasteiger partial charge in [-0.2, -0.15) is 0 Å². The van der Waals surface area contributed by atoms with Gasteiger partial charge >= 0.3 is 5.97 Å². The molecule has 2 aromatic carbocycles. The maximum absolute atomic E-state index is 12.5. The molecule has 0 saturated carbocycles. The minimum absolute atomic E-state index is 0.0574. The first-order valence-corrected chi connectivity index (χ1v) is 9.87. The van der Waals surface area contributed by atoms with Crippen LogP contribution >= 0.6 is 0 Å². The fraction of sp³-hybridized carbons (Fsp3) is 0.348. The van der Waals surface area contributed by atoms with E-state index < -0.39 is 11.9 Å². The van der Waals surface area contributed by atoms with Gasteiger partial charge in [0, 0.05) is 18.7 Å². The summed E-state index contributed by atoms with van der Waals surface area (Å²) in [5.74, 6) is -1.07. The Balaban J connectivity index is 1.48. The number of carboxylic acid groups (broad SMARTS) is 1. The molecule has 1 aliphatic rings. The standard InChI is InChI=1S/C23H26N2O4/c1-16-11-19(14-20(12-16)23(28)29)22(27)24-15-21(26)25-9-7-18(8-10-25)13-17-5-3-2-4-6-17/h2-6,11-12,14,18H,7-10,13,15H2,1H3,(H,24,27)(H,28,29). The van der Waals surface area contributed by atoms with E-state index in [4.69, 9.17) is 5.11 Å². The lowest BCUT2D eigenvalue weighted by Crippen LogP contribution is -2.44. The molecule has 6 nitrogen and oxygen atoms in total. The number of amides is 2. The highest BCUT2D eigenvalue weighted by Crippen LogP contribution is 2.21. The fourth-order valence-corrected chi connectivity index (χ4v) is 3.74. The average molecular weight is 394 g/mol. The molecule has 0 aromatic heterocycles. The first-order chi connectivity index (χ1) is 13.9.